The van der Waals surface area contributed by atoms with Gasteiger partial charge < -0.3 is 5.11 Å². The quantitative estimate of drug-likeness (QED) is 0.641. The van der Waals surface area contributed by atoms with Crippen molar-refractivity contribution >= 4 is 0 Å². The van der Waals surface area contributed by atoms with Gasteiger partial charge in [0.05, 0.1) is 0 Å². The highest BCUT2D eigenvalue weighted by molar-refractivity contribution is 5.28. The van der Waals surface area contributed by atoms with Crippen LogP contribution in [0.5, 0.6) is 0 Å². The first-order chi connectivity index (χ1) is 5.58. The number of halogens is 1. The van der Waals surface area contributed by atoms with E-state index in [-0.39, 0.29) is 5.56 Å². The van der Waals surface area contributed by atoms with E-state index >= 15 is 0 Å². The first kappa shape index (κ1) is 8.69. The summed E-state index contributed by atoms with van der Waals surface area (Å²) in [5.41, 5.74) is -1.74. The Morgan fingerprint density at radius 3 is 2.58 bits per heavy atom. The van der Waals surface area contributed by atoms with Crippen LogP contribution in [0.4, 0.5) is 4.39 Å². The molecule has 0 saturated heterocycles. The number of nitrogens with zero attached hydrogens (tertiary/aromatic N) is 1. The van der Waals surface area contributed by atoms with E-state index in [2.05, 4.69) is 0 Å². The number of hydrogen-bond acceptors (Lipinski definition) is 2. The van der Waals surface area contributed by atoms with E-state index < -0.39 is 11.4 Å². The number of hydrogen-bond donors (Lipinski definition) is 1. The Morgan fingerprint density at radius 1 is 1.50 bits per heavy atom. The third kappa shape index (κ3) is 1.44. The summed E-state index contributed by atoms with van der Waals surface area (Å²) in [6.07, 6.45) is 0. The summed E-state index contributed by atoms with van der Waals surface area (Å²) in [6, 6.07) is 7.29. The van der Waals surface area contributed by atoms with Gasteiger partial charge in [-0.1, -0.05) is 18.2 Å². The average molecular weight is 165 g/mol. The van der Waals surface area contributed by atoms with Crippen LogP contribution in [0.3, 0.4) is 0 Å². The van der Waals surface area contributed by atoms with Gasteiger partial charge in [0.1, 0.15) is 11.9 Å². The maximum Gasteiger partial charge on any atom is 0.176 e. The molecule has 0 heterocycles. The summed E-state index contributed by atoms with van der Waals surface area (Å²) in [4.78, 5) is 0. The van der Waals surface area contributed by atoms with Gasteiger partial charge in [-0.05, 0) is 13.0 Å². The fraction of sp³-hybridized carbons (Fsp3) is 0.222. The van der Waals surface area contributed by atoms with Gasteiger partial charge in [-0.3, -0.25) is 0 Å². The van der Waals surface area contributed by atoms with E-state index in [9.17, 15) is 9.50 Å². The van der Waals surface area contributed by atoms with Crippen LogP contribution in [0.2, 0.25) is 0 Å². The molecule has 3 heteroatoms. The average Bonchev–Trinajstić information content (AvgIpc) is 2.05. The Morgan fingerprint density at radius 2 is 2.08 bits per heavy atom. The molecule has 0 aromatic heterocycles. The SMILES string of the molecule is CC(O)(C#N)c1ccccc1F. The maximum absolute atomic E-state index is 13.0. The Bertz CT molecular complexity index is 328. The third-order valence-electron chi connectivity index (χ3n) is 1.62. The summed E-state index contributed by atoms with van der Waals surface area (Å²) in [7, 11) is 0. The molecule has 0 aliphatic carbocycles. The van der Waals surface area contributed by atoms with Crippen molar-refractivity contribution in [1.29, 1.82) is 5.26 Å². The summed E-state index contributed by atoms with van der Waals surface area (Å²) in [5.74, 6) is -0.566. The van der Waals surface area contributed by atoms with Crippen LogP contribution < -0.4 is 0 Å². The molecule has 1 rings (SSSR count). The lowest BCUT2D eigenvalue weighted by Crippen LogP contribution is -2.19. The lowest BCUT2D eigenvalue weighted by Gasteiger charge is -2.14. The number of aliphatic hydroxyl groups is 1. The number of benzene rings is 1. The van der Waals surface area contributed by atoms with Gasteiger partial charge in [0.2, 0.25) is 0 Å². The molecule has 0 radical (unpaired) electrons. The third-order valence-corrected chi connectivity index (χ3v) is 1.62. The van der Waals surface area contributed by atoms with Crippen LogP contribution in [-0.2, 0) is 5.60 Å². The zero-order valence-electron chi connectivity index (χ0n) is 6.58. The van der Waals surface area contributed by atoms with Crippen molar-refractivity contribution in [2.24, 2.45) is 0 Å². The highest BCUT2D eigenvalue weighted by Crippen LogP contribution is 2.21. The van der Waals surface area contributed by atoms with E-state index in [1.807, 2.05) is 0 Å². The monoisotopic (exact) mass is 165 g/mol. The molecule has 12 heavy (non-hydrogen) atoms. The summed E-state index contributed by atoms with van der Waals surface area (Å²) in [5, 5.41) is 17.9. The lowest BCUT2D eigenvalue weighted by atomic mass is 9.97. The minimum Gasteiger partial charge on any atom is -0.372 e. The van der Waals surface area contributed by atoms with Crippen molar-refractivity contribution in [3.05, 3.63) is 35.6 Å². The Kier molecular flexibility index (Phi) is 2.11. The van der Waals surface area contributed by atoms with Crippen molar-refractivity contribution < 1.29 is 9.50 Å². The fourth-order valence-electron chi connectivity index (χ4n) is 0.916. The van der Waals surface area contributed by atoms with Crippen LogP contribution in [0.25, 0.3) is 0 Å². The molecule has 1 aromatic rings. The summed E-state index contributed by atoms with van der Waals surface area (Å²) >= 11 is 0. The predicted molar refractivity (Wildman–Crippen MR) is 41.6 cm³/mol. The van der Waals surface area contributed by atoms with Gasteiger partial charge in [-0.15, -0.1) is 0 Å². The first-order valence-electron chi connectivity index (χ1n) is 3.46. The molecular formula is C9H8FNO. The Balaban J connectivity index is 3.22. The molecule has 0 aliphatic heterocycles. The minimum atomic E-state index is -1.74. The van der Waals surface area contributed by atoms with Gasteiger partial charge in [-0.25, -0.2) is 4.39 Å². The summed E-state index contributed by atoms with van der Waals surface area (Å²) in [6.45, 7) is 1.26. The molecule has 0 spiro atoms. The molecule has 1 unspecified atom stereocenters. The molecule has 0 aliphatic rings. The largest absolute Gasteiger partial charge is 0.372 e. The van der Waals surface area contributed by atoms with Crippen LogP contribution in [0, 0.1) is 17.1 Å². The molecule has 1 aromatic carbocycles. The smallest absolute Gasteiger partial charge is 0.176 e. The number of nitriles is 1. The minimum absolute atomic E-state index is 0.00694. The van der Waals surface area contributed by atoms with Crippen molar-refractivity contribution in [2.75, 3.05) is 0 Å². The molecule has 0 bridgehead atoms. The molecule has 0 saturated carbocycles. The van der Waals surface area contributed by atoms with Gasteiger partial charge >= 0.3 is 0 Å². The molecule has 0 amide bonds. The Hall–Kier alpha value is -1.40. The van der Waals surface area contributed by atoms with Crippen molar-refractivity contribution in [2.45, 2.75) is 12.5 Å². The lowest BCUT2D eigenvalue weighted by molar-refractivity contribution is 0.115. The second-order valence-electron chi connectivity index (χ2n) is 2.66. The zero-order chi connectivity index (χ0) is 9.19. The molecule has 62 valence electrons. The van der Waals surface area contributed by atoms with E-state index in [1.165, 1.54) is 25.1 Å². The van der Waals surface area contributed by atoms with E-state index in [1.54, 1.807) is 12.1 Å². The van der Waals surface area contributed by atoms with Crippen molar-refractivity contribution in [1.82, 2.24) is 0 Å². The van der Waals surface area contributed by atoms with Gasteiger partial charge in [0, 0.05) is 5.56 Å². The van der Waals surface area contributed by atoms with Gasteiger partial charge in [0.25, 0.3) is 0 Å². The van der Waals surface area contributed by atoms with E-state index in [0.717, 1.165) is 0 Å². The number of rotatable bonds is 1. The predicted octanol–water partition coefficient (Wildman–Crippen LogP) is 1.56. The zero-order valence-corrected chi connectivity index (χ0v) is 6.58. The van der Waals surface area contributed by atoms with E-state index in [4.69, 9.17) is 5.26 Å². The van der Waals surface area contributed by atoms with Crippen molar-refractivity contribution in [3.8, 4) is 6.07 Å². The Labute approximate surface area is 69.9 Å². The van der Waals surface area contributed by atoms with Crippen LogP contribution in [-0.4, -0.2) is 5.11 Å². The molecule has 1 atom stereocenters. The summed E-state index contributed by atoms with van der Waals surface area (Å²) < 4.78 is 13.0. The van der Waals surface area contributed by atoms with Crippen LogP contribution in [0.1, 0.15) is 12.5 Å². The first-order valence-corrected chi connectivity index (χ1v) is 3.46. The highest BCUT2D eigenvalue weighted by Gasteiger charge is 2.25. The van der Waals surface area contributed by atoms with Crippen molar-refractivity contribution in [3.63, 3.8) is 0 Å². The maximum atomic E-state index is 13.0. The van der Waals surface area contributed by atoms with Crippen LogP contribution in [0.15, 0.2) is 24.3 Å². The second kappa shape index (κ2) is 2.92. The van der Waals surface area contributed by atoms with Gasteiger partial charge in [-0.2, -0.15) is 5.26 Å². The fourth-order valence-corrected chi connectivity index (χ4v) is 0.916. The van der Waals surface area contributed by atoms with Gasteiger partial charge in [0.15, 0.2) is 5.60 Å². The molecular weight excluding hydrogens is 157 g/mol. The normalized spacial score (nSPS) is 14.8. The van der Waals surface area contributed by atoms with Crippen LogP contribution >= 0.6 is 0 Å². The second-order valence-corrected chi connectivity index (χ2v) is 2.66. The topological polar surface area (TPSA) is 44.0 Å². The standard InChI is InChI=1S/C9H8FNO/c1-9(12,6-11)7-4-2-3-5-8(7)10/h2-5,12H,1H3. The van der Waals surface area contributed by atoms with E-state index in [0.29, 0.717) is 0 Å². The highest BCUT2D eigenvalue weighted by atomic mass is 19.1. The molecule has 1 N–H and O–H groups in total. The molecule has 2 nitrogen and oxygen atoms in total. The molecule has 0 fully saturated rings.